The van der Waals surface area contributed by atoms with Gasteiger partial charge in [0.05, 0.1) is 14.2 Å². The zero-order valence-electron chi connectivity index (χ0n) is 12.3. The number of ether oxygens (including phenoxy) is 2. The highest BCUT2D eigenvalue weighted by molar-refractivity contribution is 6.21. The van der Waals surface area contributed by atoms with Crippen LogP contribution in [0.1, 0.15) is 31.2 Å². The Morgan fingerprint density at radius 2 is 1.95 bits per heavy atom. The van der Waals surface area contributed by atoms with Crippen LogP contribution in [0.25, 0.3) is 0 Å². The number of benzene rings is 1. The van der Waals surface area contributed by atoms with Gasteiger partial charge in [0, 0.05) is 5.38 Å². The molecule has 0 aromatic heterocycles. The van der Waals surface area contributed by atoms with Crippen molar-refractivity contribution < 1.29 is 9.47 Å². The predicted octanol–water partition coefficient (Wildman–Crippen LogP) is 4.29. The number of rotatable bonds is 5. The van der Waals surface area contributed by atoms with E-state index in [2.05, 4.69) is 12.1 Å². The van der Waals surface area contributed by atoms with Gasteiger partial charge in [-0.05, 0) is 61.1 Å². The minimum atomic E-state index is 0.253. The molecule has 0 aliphatic heterocycles. The van der Waals surface area contributed by atoms with Gasteiger partial charge in [0.25, 0.3) is 0 Å². The first-order valence-corrected chi connectivity index (χ1v) is 8.00. The number of hydrogen-bond donors (Lipinski definition) is 0. The van der Waals surface area contributed by atoms with Gasteiger partial charge in [-0.1, -0.05) is 12.5 Å². The highest BCUT2D eigenvalue weighted by Crippen LogP contribution is 2.51. The molecule has 4 unspecified atom stereocenters. The van der Waals surface area contributed by atoms with Gasteiger partial charge < -0.3 is 9.47 Å². The first-order valence-electron chi connectivity index (χ1n) is 7.56. The van der Waals surface area contributed by atoms with E-state index in [1.165, 1.54) is 31.2 Å². The summed E-state index contributed by atoms with van der Waals surface area (Å²) in [7, 11) is 3.34. The van der Waals surface area contributed by atoms with Crippen molar-refractivity contribution in [1.82, 2.24) is 0 Å². The average Bonchev–Trinajstić information content (AvgIpc) is 3.09. The van der Waals surface area contributed by atoms with Crippen LogP contribution in [0.4, 0.5) is 0 Å². The Balaban J connectivity index is 1.68. The summed E-state index contributed by atoms with van der Waals surface area (Å²) >= 11 is 6.71. The molecule has 0 N–H and O–H groups in total. The summed E-state index contributed by atoms with van der Waals surface area (Å²) in [4.78, 5) is 0. The molecule has 2 bridgehead atoms. The van der Waals surface area contributed by atoms with Gasteiger partial charge in [0.2, 0.25) is 0 Å². The van der Waals surface area contributed by atoms with Gasteiger partial charge >= 0.3 is 0 Å². The van der Waals surface area contributed by atoms with Gasteiger partial charge in [-0.25, -0.2) is 0 Å². The van der Waals surface area contributed by atoms with E-state index in [1.807, 2.05) is 6.07 Å². The monoisotopic (exact) mass is 294 g/mol. The lowest BCUT2D eigenvalue weighted by Gasteiger charge is -2.26. The average molecular weight is 295 g/mol. The van der Waals surface area contributed by atoms with Crippen molar-refractivity contribution in [2.24, 2.45) is 17.8 Å². The molecule has 1 aromatic carbocycles. The van der Waals surface area contributed by atoms with Crippen molar-refractivity contribution >= 4 is 11.6 Å². The van der Waals surface area contributed by atoms with E-state index in [4.69, 9.17) is 21.1 Å². The Morgan fingerprint density at radius 1 is 1.15 bits per heavy atom. The van der Waals surface area contributed by atoms with Crippen LogP contribution in [0.5, 0.6) is 11.5 Å². The van der Waals surface area contributed by atoms with Crippen molar-refractivity contribution in [3.05, 3.63) is 23.8 Å². The highest BCUT2D eigenvalue weighted by Gasteiger charge is 2.42. The number of fused-ring (bicyclic) bond motifs is 2. The normalized spacial score (nSPS) is 29.4. The van der Waals surface area contributed by atoms with Crippen LogP contribution < -0.4 is 9.47 Å². The topological polar surface area (TPSA) is 18.5 Å². The fourth-order valence-electron chi connectivity index (χ4n) is 4.12. The molecular formula is C17H23ClO2. The predicted molar refractivity (Wildman–Crippen MR) is 81.8 cm³/mol. The molecule has 2 aliphatic carbocycles. The van der Waals surface area contributed by atoms with Crippen LogP contribution in [0.3, 0.4) is 0 Å². The SMILES string of the molecule is COc1ccc(CC(Cl)C2CC3CCC2C3)cc1OC. The third-order valence-corrected chi connectivity index (χ3v) is 5.61. The molecule has 2 nitrogen and oxygen atoms in total. The molecule has 20 heavy (non-hydrogen) atoms. The van der Waals surface area contributed by atoms with Gasteiger partial charge in [0.1, 0.15) is 0 Å². The lowest BCUT2D eigenvalue weighted by molar-refractivity contribution is 0.319. The largest absolute Gasteiger partial charge is 0.493 e. The summed E-state index contributed by atoms with van der Waals surface area (Å²) in [5.74, 6) is 4.12. The van der Waals surface area contributed by atoms with Crippen molar-refractivity contribution in [3.63, 3.8) is 0 Å². The van der Waals surface area contributed by atoms with E-state index in [1.54, 1.807) is 14.2 Å². The van der Waals surface area contributed by atoms with Gasteiger partial charge in [0.15, 0.2) is 11.5 Å². The summed E-state index contributed by atoms with van der Waals surface area (Å²) < 4.78 is 10.6. The summed E-state index contributed by atoms with van der Waals surface area (Å²) in [6, 6.07) is 6.13. The molecule has 0 amide bonds. The maximum absolute atomic E-state index is 6.71. The Labute approximate surface area is 126 Å². The van der Waals surface area contributed by atoms with E-state index in [0.29, 0.717) is 5.92 Å². The fraction of sp³-hybridized carbons (Fsp3) is 0.647. The minimum absolute atomic E-state index is 0.253. The first-order chi connectivity index (χ1) is 9.71. The smallest absolute Gasteiger partial charge is 0.160 e. The molecule has 0 spiro atoms. The van der Waals surface area contributed by atoms with Crippen LogP contribution in [0.2, 0.25) is 0 Å². The lowest BCUT2D eigenvalue weighted by Crippen LogP contribution is -2.23. The molecule has 2 aliphatic rings. The molecule has 110 valence electrons. The number of hydrogen-bond acceptors (Lipinski definition) is 2. The van der Waals surface area contributed by atoms with E-state index in [0.717, 1.165) is 29.8 Å². The second kappa shape index (κ2) is 5.85. The van der Waals surface area contributed by atoms with E-state index >= 15 is 0 Å². The molecule has 3 heteroatoms. The van der Waals surface area contributed by atoms with Crippen LogP contribution in [-0.4, -0.2) is 19.6 Å². The maximum Gasteiger partial charge on any atom is 0.160 e. The van der Waals surface area contributed by atoms with Crippen LogP contribution in [0.15, 0.2) is 18.2 Å². The molecule has 4 atom stereocenters. The van der Waals surface area contributed by atoms with E-state index in [9.17, 15) is 0 Å². The van der Waals surface area contributed by atoms with Crippen LogP contribution in [-0.2, 0) is 6.42 Å². The third-order valence-electron chi connectivity index (χ3n) is 5.14. The van der Waals surface area contributed by atoms with Gasteiger partial charge in [-0.3, -0.25) is 0 Å². The third kappa shape index (κ3) is 2.63. The summed E-state index contributed by atoms with van der Waals surface area (Å²) in [6.45, 7) is 0. The molecule has 3 rings (SSSR count). The Kier molecular flexibility index (Phi) is 4.11. The van der Waals surface area contributed by atoms with Crippen LogP contribution >= 0.6 is 11.6 Å². The quantitative estimate of drug-likeness (QED) is 0.754. The Hall–Kier alpha value is -0.890. The van der Waals surface area contributed by atoms with Crippen LogP contribution in [0, 0.1) is 17.8 Å². The van der Waals surface area contributed by atoms with Crippen molar-refractivity contribution in [1.29, 1.82) is 0 Å². The lowest BCUT2D eigenvalue weighted by atomic mass is 9.84. The molecule has 2 saturated carbocycles. The molecule has 0 radical (unpaired) electrons. The summed E-state index contributed by atoms with van der Waals surface area (Å²) in [5, 5.41) is 0.253. The minimum Gasteiger partial charge on any atom is -0.493 e. The molecule has 0 heterocycles. The van der Waals surface area contributed by atoms with E-state index in [-0.39, 0.29) is 5.38 Å². The number of alkyl halides is 1. The zero-order chi connectivity index (χ0) is 14.1. The fourth-order valence-corrected chi connectivity index (χ4v) is 4.61. The number of methoxy groups -OCH3 is 2. The first kappa shape index (κ1) is 14.1. The molecule has 0 saturated heterocycles. The summed E-state index contributed by atoms with van der Waals surface area (Å²) in [5.41, 5.74) is 1.24. The Morgan fingerprint density at radius 3 is 2.55 bits per heavy atom. The second-order valence-electron chi connectivity index (χ2n) is 6.25. The maximum atomic E-state index is 6.71. The van der Waals surface area contributed by atoms with Crippen molar-refractivity contribution in [2.45, 2.75) is 37.5 Å². The number of halogens is 1. The zero-order valence-corrected chi connectivity index (χ0v) is 13.0. The standard InChI is InChI=1S/C17H23ClO2/c1-19-16-6-4-12(10-17(16)20-2)9-15(18)14-8-11-3-5-13(14)7-11/h4,6,10-11,13-15H,3,5,7-9H2,1-2H3. The molecule has 1 aromatic rings. The summed E-state index contributed by atoms with van der Waals surface area (Å²) in [6.07, 6.45) is 6.51. The van der Waals surface area contributed by atoms with Crippen molar-refractivity contribution in [3.8, 4) is 11.5 Å². The van der Waals surface area contributed by atoms with E-state index < -0.39 is 0 Å². The van der Waals surface area contributed by atoms with Gasteiger partial charge in [-0.15, -0.1) is 11.6 Å². The Bertz CT molecular complexity index is 474. The molecular weight excluding hydrogens is 272 g/mol. The second-order valence-corrected chi connectivity index (χ2v) is 6.81. The van der Waals surface area contributed by atoms with Gasteiger partial charge in [-0.2, -0.15) is 0 Å². The molecule has 2 fully saturated rings. The van der Waals surface area contributed by atoms with Crippen molar-refractivity contribution in [2.75, 3.05) is 14.2 Å². The highest BCUT2D eigenvalue weighted by atomic mass is 35.5.